The normalized spacial score (nSPS) is 24.6. The van der Waals surface area contributed by atoms with Crippen molar-refractivity contribution >= 4 is 0 Å². The fourth-order valence-corrected chi connectivity index (χ4v) is 1.28. The Labute approximate surface area is 60.8 Å². The predicted molar refractivity (Wildman–Crippen MR) is 37.8 cm³/mol. The lowest BCUT2D eigenvalue weighted by atomic mass is 9.96. The summed E-state index contributed by atoms with van der Waals surface area (Å²) in [6.07, 6.45) is 1.17. The van der Waals surface area contributed by atoms with E-state index in [2.05, 4.69) is 5.32 Å². The van der Waals surface area contributed by atoms with Crippen molar-refractivity contribution in [2.45, 2.75) is 18.5 Å². The molecule has 0 amide bonds. The van der Waals surface area contributed by atoms with E-state index >= 15 is 0 Å². The van der Waals surface area contributed by atoms with Gasteiger partial charge in [-0.05, 0) is 25.9 Å². The Morgan fingerprint density at radius 1 is 1.50 bits per heavy atom. The highest BCUT2D eigenvalue weighted by Crippen LogP contribution is 2.22. The maximum atomic E-state index is 13.4. The van der Waals surface area contributed by atoms with Crippen molar-refractivity contribution < 1.29 is 9.13 Å². The first kappa shape index (κ1) is 7.95. The van der Waals surface area contributed by atoms with Gasteiger partial charge in [0.15, 0.2) is 0 Å². The van der Waals surface area contributed by atoms with Gasteiger partial charge in [-0.1, -0.05) is 0 Å². The number of ether oxygens (including phenoxy) is 1. The third-order valence-electron chi connectivity index (χ3n) is 1.90. The fraction of sp³-hybridized carbons (Fsp3) is 1.00. The number of rotatable bonds is 2. The highest BCUT2D eigenvalue weighted by molar-refractivity contribution is 4.84. The Kier molecular flexibility index (Phi) is 2.63. The van der Waals surface area contributed by atoms with Gasteiger partial charge in [-0.25, -0.2) is 4.39 Å². The molecule has 1 heterocycles. The second-order valence-electron chi connectivity index (χ2n) is 2.83. The summed E-state index contributed by atoms with van der Waals surface area (Å²) >= 11 is 0. The number of alkyl halides is 1. The molecule has 0 radical (unpaired) electrons. The Hall–Kier alpha value is -0.150. The molecule has 2 nitrogen and oxygen atoms in total. The smallest absolute Gasteiger partial charge is 0.136 e. The molecule has 0 spiro atoms. The topological polar surface area (TPSA) is 21.3 Å². The molecule has 0 bridgehead atoms. The van der Waals surface area contributed by atoms with Gasteiger partial charge in [0.2, 0.25) is 0 Å². The average Bonchev–Trinajstić information content (AvgIpc) is 1.89. The maximum absolute atomic E-state index is 13.4. The summed E-state index contributed by atoms with van der Waals surface area (Å²) in [4.78, 5) is 0. The molecule has 3 heteroatoms. The van der Waals surface area contributed by atoms with Crippen LogP contribution in [0, 0.1) is 0 Å². The summed E-state index contributed by atoms with van der Waals surface area (Å²) in [6, 6.07) is 0. The van der Waals surface area contributed by atoms with Crippen LogP contribution in [0.1, 0.15) is 12.8 Å². The molecule has 1 N–H and O–H groups in total. The first-order valence-corrected chi connectivity index (χ1v) is 3.65. The standard InChI is InChI=1S/C7H14FNO/c1-10-6-7(8)2-4-9-5-3-7/h9H,2-6H2,1H3. The van der Waals surface area contributed by atoms with Gasteiger partial charge in [-0.15, -0.1) is 0 Å². The Morgan fingerprint density at radius 2 is 2.10 bits per heavy atom. The van der Waals surface area contributed by atoms with Crippen LogP contribution in [-0.4, -0.2) is 32.5 Å². The third-order valence-corrected chi connectivity index (χ3v) is 1.90. The molecule has 0 unspecified atom stereocenters. The second-order valence-corrected chi connectivity index (χ2v) is 2.83. The van der Waals surface area contributed by atoms with Crippen LogP contribution in [0.25, 0.3) is 0 Å². The molecule has 1 saturated heterocycles. The van der Waals surface area contributed by atoms with Crippen molar-refractivity contribution in [1.82, 2.24) is 5.32 Å². The van der Waals surface area contributed by atoms with Crippen LogP contribution in [0.15, 0.2) is 0 Å². The number of halogens is 1. The van der Waals surface area contributed by atoms with Crippen LogP contribution < -0.4 is 5.32 Å². The summed E-state index contributed by atoms with van der Waals surface area (Å²) in [5, 5.41) is 3.10. The van der Waals surface area contributed by atoms with Gasteiger partial charge in [-0.3, -0.25) is 0 Å². The van der Waals surface area contributed by atoms with Crippen molar-refractivity contribution in [3.8, 4) is 0 Å². The summed E-state index contributed by atoms with van der Waals surface area (Å²) in [5.74, 6) is 0. The van der Waals surface area contributed by atoms with Crippen LogP contribution in [0.3, 0.4) is 0 Å². The van der Waals surface area contributed by atoms with Gasteiger partial charge < -0.3 is 10.1 Å². The Morgan fingerprint density at radius 3 is 2.60 bits per heavy atom. The molecule has 0 saturated carbocycles. The molecular formula is C7H14FNO. The van der Waals surface area contributed by atoms with Gasteiger partial charge in [0.05, 0.1) is 6.61 Å². The summed E-state index contributed by atoms with van der Waals surface area (Å²) < 4.78 is 18.2. The molecule has 1 aliphatic heterocycles. The molecule has 1 aliphatic rings. The zero-order valence-electron chi connectivity index (χ0n) is 6.32. The van der Waals surface area contributed by atoms with Crippen LogP contribution in [0.4, 0.5) is 4.39 Å². The number of methoxy groups -OCH3 is 1. The minimum absolute atomic E-state index is 0.245. The molecule has 0 aromatic carbocycles. The van der Waals surface area contributed by atoms with Gasteiger partial charge in [-0.2, -0.15) is 0 Å². The van der Waals surface area contributed by atoms with E-state index in [-0.39, 0.29) is 6.61 Å². The molecule has 0 atom stereocenters. The molecular weight excluding hydrogens is 133 g/mol. The van der Waals surface area contributed by atoms with Crippen LogP contribution in [0.2, 0.25) is 0 Å². The van der Waals surface area contributed by atoms with E-state index in [1.807, 2.05) is 0 Å². The minimum Gasteiger partial charge on any atom is -0.381 e. The van der Waals surface area contributed by atoms with E-state index < -0.39 is 5.67 Å². The largest absolute Gasteiger partial charge is 0.381 e. The molecule has 1 rings (SSSR count). The lowest BCUT2D eigenvalue weighted by Gasteiger charge is -2.28. The van der Waals surface area contributed by atoms with Crippen molar-refractivity contribution in [3.05, 3.63) is 0 Å². The second kappa shape index (κ2) is 3.30. The molecule has 0 aromatic heterocycles. The van der Waals surface area contributed by atoms with Crippen LogP contribution in [0.5, 0.6) is 0 Å². The van der Waals surface area contributed by atoms with E-state index in [1.165, 1.54) is 0 Å². The van der Waals surface area contributed by atoms with E-state index in [9.17, 15) is 4.39 Å². The van der Waals surface area contributed by atoms with Crippen molar-refractivity contribution in [3.63, 3.8) is 0 Å². The molecule has 10 heavy (non-hydrogen) atoms. The number of hydrogen-bond acceptors (Lipinski definition) is 2. The highest BCUT2D eigenvalue weighted by atomic mass is 19.1. The van der Waals surface area contributed by atoms with Crippen LogP contribution in [-0.2, 0) is 4.74 Å². The summed E-state index contributed by atoms with van der Waals surface area (Å²) in [7, 11) is 1.55. The monoisotopic (exact) mass is 147 g/mol. The van der Waals surface area contributed by atoms with Crippen LogP contribution >= 0.6 is 0 Å². The Balaban J connectivity index is 2.32. The van der Waals surface area contributed by atoms with Crippen molar-refractivity contribution in [1.29, 1.82) is 0 Å². The lowest BCUT2D eigenvalue weighted by Crippen LogP contribution is -2.41. The number of piperidine rings is 1. The Bertz CT molecular complexity index is 96.3. The van der Waals surface area contributed by atoms with E-state index in [4.69, 9.17) is 4.74 Å². The average molecular weight is 147 g/mol. The molecule has 1 fully saturated rings. The molecule has 60 valence electrons. The van der Waals surface area contributed by atoms with Crippen molar-refractivity contribution in [2.75, 3.05) is 26.8 Å². The summed E-state index contributed by atoms with van der Waals surface area (Å²) in [5.41, 5.74) is -1.06. The third kappa shape index (κ3) is 1.92. The zero-order chi connectivity index (χ0) is 7.45. The molecule has 0 aromatic rings. The van der Waals surface area contributed by atoms with Gasteiger partial charge in [0.25, 0.3) is 0 Å². The van der Waals surface area contributed by atoms with E-state index in [0.29, 0.717) is 12.8 Å². The van der Waals surface area contributed by atoms with Gasteiger partial charge in [0.1, 0.15) is 5.67 Å². The lowest BCUT2D eigenvalue weighted by molar-refractivity contribution is 0.0183. The number of hydrogen-bond donors (Lipinski definition) is 1. The van der Waals surface area contributed by atoms with Gasteiger partial charge in [0, 0.05) is 7.11 Å². The quantitative estimate of drug-likeness (QED) is 0.621. The zero-order valence-corrected chi connectivity index (χ0v) is 6.32. The first-order chi connectivity index (χ1) is 4.77. The minimum atomic E-state index is -1.06. The predicted octanol–water partition coefficient (Wildman–Crippen LogP) is 0.725. The fourth-order valence-electron chi connectivity index (χ4n) is 1.28. The van der Waals surface area contributed by atoms with Gasteiger partial charge >= 0.3 is 0 Å². The van der Waals surface area contributed by atoms with E-state index in [0.717, 1.165) is 13.1 Å². The van der Waals surface area contributed by atoms with Crippen molar-refractivity contribution in [2.24, 2.45) is 0 Å². The highest BCUT2D eigenvalue weighted by Gasteiger charge is 2.31. The first-order valence-electron chi connectivity index (χ1n) is 3.65. The van der Waals surface area contributed by atoms with E-state index in [1.54, 1.807) is 7.11 Å². The maximum Gasteiger partial charge on any atom is 0.136 e. The SMILES string of the molecule is COCC1(F)CCNCC1. The summed E-state index contributed by atoms with van der Waals surface area (Å²) in [6.45, 7) is 1.80. The molecule has 0 aliphatic carbocycles. The number of nitrogens with one attached hydrogen (secondary N) is 1.